The third-order valence-electron chi connectivity index (χ3n) is 3.57. The third kappa shape index (κ3) is 6.55. The maximum absolute atomic E-state index is 2.44. The van der Waals surface area contributed by atoms with E-state index in [9.17, 15) is 0 Å². The van der Waals surface area contributed by atoms with Crippen LogP contribution >= 0.6 is 0 Å². The molecule has 98 valence electrons. The van der Waals surface area contributed by atoms with Gasteiger partial charge in [-0.1, -0.05) is 64.0 Å². The molecule has 0 saturated heterocycles. The summed E-state index contributed by atoms with van der Waals surface area (Å²) in [7, 11) is 0. The van der Waals surface area contributed by atoms with Gasteiger partial charge >= 0.3 is 0 Å². The summed E-state index contributed by atoms with van der Waals surface area (Å²) < 4.78 is 0. The van der Waals surface area contributed by atoms with Crippen LogP contribution in [0, 0.1) is 0 Å². The fourth-order valence-corrected chi connectivity index (χ4v) is 2.34. The van der Waals surface area contributed by atoms with E-state index in [-0.39, 0.29) is 0 Å². The fraction of sp³-hybridized carbons (Fsp3) is 0.750. The normalized spacial score (nSPS) is 18.9. The summed E-state index contributed by atoms with van der Waals surface area (Å²) in [4.78, 5) is 2.44. The maximum atomic E-state index is 2.44. The first-order chi connectivity index (χ1) is 8.34. The summed E-state index contributed by atoms with van der Waals surface area (Å²) >= 11 is 0. The number of nitrogens with zero attached hydrogens (tertiary/aromatic N) is 1. The zero-order chi connectivity index (χ0) is 12.3. The van der Waals surface area contributed by atoms with Crippen LogP contribution in [0.3, 0.4) is 0 Å². The topological polar surface area (TPSA) is 3.24 Å². The van der Waals surface area contributed by atoms with Crippen molar-refractivity contribution in [3.05, 3.63) is 24.4 Å². The number of hydrogen-bond donors (Lipinski definition) is 0. The molecule has 0 aromatic heterocycles. The van der Waals surface area contributed by atoms with E-state index in [1.54, 1.807) is 0 Å². The standard InChI is InChI=1S/C16H29N/c1-3-4-5-6-7-8-9-11-14-17-15-12-10-13-16(17)2/h10,12-13,15-16H,3-9,11,14H2,1-2H3. The number of rotatable bonds is 9. The summed E-state index contributed by atoms with van der Waals surface area (Å²) in [5, 5.41) is 0. The van der Waals surface area contributed by atoms with E-state index in [0.29, 0.717) is 6.04 Å². The van der Waals surface area contributed by atoms with Gasteiger partial charge in [0.05, 0.1) is 0 Å². The average Bonchev–Trinajstić information content (AvgIpc) is 2.35. The fourth-order valence-electron chi connectivity index (χ4n) is 2.34. The molecule has 1 heterocycles. The zero-order valence-corrected chi connectivity index (χ0v) is 11.7. The van der Waals surface area contributed by atoms with Crippen molar-refractivity contribution in [3.63, 3.8) is 0 Å². The van der Waals surface area contributed by atoms with Crippen molar-refractivity contribution in [1.82, 2.24) is 4.90 Å². The monoisotopic (exact) mass is 235 g/mol. The lowest BCUT2D eigenvalue weighted by Gasteiger charge is -2.27. The highest BCUT2D eigenvalue weighted by molar-refractivity contribution is 5.11. The Bertz CT molecular complexity index is 230. The lowest BCUT2D eigenvalue weighted by molar-refractivity contribution is 0.322. The van der Waals surface area contributed by atoms with Gasteiger partial charge in [-0.05, 0) is 25.6 Å². The Balaban J connectivity index is 1.90. The first-order valence-electron chi connectivity index (χ1n) is 7.45. The first kappa shape index (κ1) is 14.3. The van der Waals surface area contributed by atoms with Crippen LogP contribution in [0.25, 0.3) is 0 Å². The molecule has 0 saturated carbocycles. The van der Waals surface area contributed by atoms with Crippen LogP contribution < -0.4 is 0 Å². The molecular formula is C16H29N. The number of unbranched alkanes of at least 4 members (excludes halogenated alkanes) is 7. The Morgan fingerprint density at radius 2 is 1.53 bits per heavy atom. The first-order valence-corrected chi connectivity index (χ1v) is 7.45. The average molecular weight is 235 g/mol. The Morgan fingerprint density at radius 3 is 2.18 bits per heavy atom. The van der Waals surface area contributed by atoms with Gasteiger partial charge in [0.2, 0.25) is 0 Å². The molecule has 0 N–H and O–H groups in total. The molecule has 0 bridgehead atoms. The highest BCUT2D eigenvalue weighted by Crippen LogP contribution is 2.12. The van der Waals surface area contributed by atoms with Crippen LogP contribution in [0.4, 0.5) is 0 Å². The van der Waals surface area contributed by atoms with Crippen molar-refractivity contribution in [2.45, 2.75) is 71.3 Å². The minimum Gasteiger partial charge on any atom is -0.371 e. The lowest BCUT2D eigenvalue weighted by atomic mass is 10.1. The molecule has 1 rings (SSSR count). The summed E-state index contributed by atoms with van der Waals surface area (Å²) in [6.45, 7) is 5.77. The Labute approximate surface area is 108 Å². The van der Waals surface area contributed by atoms with Crippen molar-refractivity contribution in [1.29, 1.82) is 0 Å². The Morgan fingerprint density at radius 1 is 0.882 bits per heavy atom. The van der Waals surface area contributed by atoms with Crippen molar-refractivity contribution < 1.29 is 0 Å². The van der Waals surface area contributed by atoms with Crippen molar-refractivity contribution in [2.24, 2.45) is 0 Å². The molecule has 0 radical (unpaired) electrons. The van der Waals surface area contributed by atoms with Crippen LogP contribution in [0.2, 0.25) is 0 Å². The molecule has 0 aromatic rings. The predicted molar refractivity (Wildman–Crippen MR) is 77.1 cm³/mol. The second-order valence-electron chi connectivity index (χ2n) is 5.18. The highest BCUT2D eigenvalue weighted by Gasteiger charge is 2.07. The van der Waals surface area contributed by atoms with E-state index in [2.05, 4.69) is 43.2 Å². The molecule has 0 aliphatic carbocycles. The largest absolute Gasteiger partial charge is 0.371 e. The molecule has 1 nitrogen and oxygen atoms in total. The van der Waals surface area contributed by atoms with Gasteiger partial charge < -0.3 is 4.90 Å². The Hall–Kier alpha value is -0.720. The van der Waals surface area contributed by atoms with Crippen molar-refractivity contribution >= 4 is 0 Å². The van der Waals surface area contributed by atoms with Gasteiger partial charge in [0.1, 0.15) is 0 Å². The van der Waals surface area contributed by atoms with E-state index < -0.39 is 0 Å². The summed E-state index contributed by atoms with van der Waals surface area (Å²) in [6.07, 6.45) is 20.0. The second-order valence-corrected chi connectivity index (χ2v) is 5.18. The van der Waals surface area contributed by atoms with Gasteiger partial charge in [0.15, 0.2) is 0 Å². The minimum atomic E-state index is 0.588. The molecule has 1 aliphatic heterocycles. The maximum Gasteiger partial charge on any atom is 0.0442 e. The molecule has 1 atom stereocenters. The van der Waals surface area contributed by atoms with Gasteiger partial charge in [-0.25, -0.2) is 0 Å². The molecule has 0 aromatic carbocycles. The summed E-state index contributed by atoms with van der Waals surface area (Å²) in [5.41, 5.74) is 0. The van der Waals surface area contributed by atoms with Gasteiger partial charge in [0, 0.05) is 12.6 Å². The van der Waals surface area contributed by atoms with E-state index in [1.165, 1.54) is 57.9 Å². The molecule has 0 amide bonds. The van der Waals surface area contributed by atoms with Gasteiger partial charge in [-0.3, -0.25) is 0 Å². The smallest absolute Gasteiger partial charge is 0.0442 e. The van der Waals surface area contributed by atoms with Crippen LogP contribution in [0.5, 0.6) is 0 Å². The molecule has 17 heavy (non-hydrogen) atoms. The minimum absolute atomic E-state index is 0.588. The van der Waals surface area contributed by atoms with Crippen LogP contribution in [-0.4, -0.2) is 17.5 Å². The summed E-state index contributed by atoms with van der Waals surface area (Å²) in [5.74, 6) is 0. The molecule has 1 heteroatoms. The summed E-state index contributed by atoms with van der Waals surface area (Å²) in [6, 6.07) is 0.588. The second kappa shape index (κ2) is 9.32. The van der Waals surface area contributed by atoms with Crippen molar-refractivity contribution in [2.75, 3.05) is 6.54 Å². The number of hydrogen-bond acceptors (Lipinski definition) is 1. The number of allylic oxidation sites excluding steroid dienone is 2. The zero-order valence-electron chi connectivity index (χ0n) is 11.7. The molecule has 0 fully saturated rings. The Kier molecular flexibility index (Phi) is 7.87. The molecule has 1 aliphatic rings. The van der Waals surface area contributed by atoms with Crippen LogP contribution in [0.15, 0.2) is 24.4 Å². The van der Waals surface area contributed by atoms with E-state index in [0.717, 1.165) is 0 Å². The molecular weight excluding hydrogens is 206 g/mol. The lowest BCUT2D eigenvalue weighted by Crippen LogP contribution is -2.28. The quantitative estimate of drug-likeness (QED) is 0.514. The third-order valence-corrected chi connectivity index (χ3v) is 3.57. The van der Waals surface area contributed by atoms with Gasteiger partial charge in [-0.15, -0.1) is 0 Å². The predicted octanol–water partition coefficient (Wildman–Crippen LogP) is 4.90. The van der Waals surface area contributed by atoms with E-state index in [1.807, 2.05) is 0 Å². The SMILES string of the molecule is CCCCCCCCCCN1C=CC=CC1C. The van der Waals surface area contributed by atoms with Crippen molar-refractivity contribution in [3.8, 4) is 0 Å². The van der Waals surface area contributed by atoms with Crippen LogP contribution in [0.1, 0.15) is 65.2 Å². The van der Waals surface area contributed by atoms with Gasteiger partial charge in [0.25, 0.3) is 0 Å². The highest BCUT2D eigenvalue weighted by atomic mass is 15.1. The molecule has 0 spiro atoms. The molecule has 1 unspecified atom stereocenters. The van der Waals surface area contributed by atoms with Crippen LogP contribution in [-0.2, 0) is 0 Å². The van der Waals surface area contributed by atoms with E-state index >= 15 is 0 Å². The van der Waals surface area contributed by atoms with E-state index in [4.69, 9.17) is 0 Å². The van der Waals surface area contributed by atoms with Gasteiger partial charge in [-0.2, -0.15) is 0 Å².